The Hall–Kier alpha value is -1.95. The summed E-state index contributed by atoms with van der Waals surface area (Å²) in [5, 5.41) is 13.5. The maximum atomic E-state index is 12.0. The molecule has 0 heterocycles. The molecule has 0 saturated heterocycles. The molecule has 0 aliphatic rings. The van der Waals surface area contributed by atoms with Gasteiger partial charge in [-0.3, -0.25) is 14.9 Å². The van der Waals surface area contributed by atoms with E-state index in [2.05, 4.69) is 5.32 Å². The molecule has 3 N–H and O–H groups in total. The van der Waals surface area contributed by atoms with Crippen LogP contribution in [0.3, 0.4) is 0 Å². The first-order valence-corrected chi connectivity index (χ1v) is 6.12. The van der Waals surface area contributed by atoms with Crippen LogP contribution in [0.2, 0.25) is 0 Å². The summed E-state index contributed by atoms with van der Waals surface area (Å²) in [4.78, 5) is 22.3. The van der Waals surface area contributed by atoms with Crippen LogP contribution >= 0.6 is 0 Å². The second-order valence-electron chi connectivity index (χ2n) is 4.82. The summed E-state index contributed by atoms with van der Waals surface area (Å²) in [5.41, 5.74) is 6.47. The normalized spacial score (nSPS) is 12.3. The Morgan fingerprint density at radius 1 is 1.47 bits per heavy atom. The number of aryl methyl sites for hydroxylation is 1. The van der Waals surface area contributed by atoms with Crippen molar-refractivity contribution >= 4 is 11.6 Å². The summed E-state index contributed by atoms with van der Waals surface area (Å²) >= 11 is 0. The second kappa shape index (κ2) is 6.29. The zero-order chi connectivity index (χ0) is 14.6. The maximum Gasteiger partial charge on any atom is 0.272 e. The smallest absolute Gasteiger partial charge is 0.272 e. The second-order valence-corrected chi connectivity index (χ2v) is 4.82. The highest BCUT2D eigenvalue weighted by Crippen LogP contribution is 2.18. The molecular formula is C13H19N3O3. The van der Waals surface area contributed by atoms with Crippen molar-refractivity contribution in [3.63, 3.8) is 0 Å². The van der Waals surface area contributed by atoms with Crippen molar-refractivity contribution in [2.75, 3.05) is 6.54 Å². The quantitative estimate of drug-likeness (QED) is 0.624. The zero-order valence-corrected chi connectivity index (χ0v) is 11.3. The summed E-state index contributed by atoms with van der Waals surface area (Å²) in [6, 6.07) is 4.20. The predicted octanol–water partition coefficient (Wildman–Crippen LogP) is 1.62. The molecule has 1 amide bonds. The average molecular weight is 265 g/mol. The van der Waals surface area contributed by atoms with Crippen LogP contribution in [-0.2, 0) is 0 Å². The summed E-state index contributed by atoms with van der Waals surface area (Å²) in [6.45, 7) is 5.91. The molecule has 1 rings (SSSR count). The topological polar surface area (TPSA) is 98.3 Å². The molecule has 0 fully saturated rings. The number of nitrogens with zero attached hydrogens (tertiary/aromatic N) is 1. The number of carbonyl (C=O) groups excluding carboxylic acids is 1. The van der Waals surface area contributed by atoms with Crippen molar-refractivity contribution in [3.8, 4) is 0 Å². The van der Waals surface area contributed by atoms with Crippen molar-refractivity contribution in [2.45, 2.75) is 26.8 Å². The lowest BCUT2D eigenvalue weighted by molar-refractivity contribution is -0.385. The van der Waals surface area contributed by atoms with Crippen LogP contribution in [0.5, 0.6) is 0 Å². The Labute approximate surface area is 112 Å². The Morgan fingerprint density at radius 2 is 2.11 bits per heavy atom. The van der Waals surface area contributed by atoms with E-state index in [-0.39, 0.29) is 23.6 Å². The molecule has 1 unspecified atom stereocenters. The maximum absolute atomic E-state index is 12.0. The highest BCUT2D eigenvalue weighted by atomic mass is 16.6. The lowest BCUT2D eigenvalue weighted by atomic mass is 10.0. The fraction of sp³-hybridized carbons (Fsp3) is 0.462. The number of rotatable bonds is 5. The van der Waals surface area contributed by atoms with Crippen LogP contribution in [0.25, 0.3) is 0 Å². The average Bonchev–Trinajstić information content (AvgIpc) is 2.34. The van der Waals surface area contributed by atoms with E-state index in [9.17, 15) is 14.9 Å². The molecule has 0 radical (unpaired) electrons. The van der Waals surface area contributed by atoms with E-state index in [1.807, 2.05) is 13.8 Å². The Morgan fingerprint density at radius 3 is 2.53 bits per heavy atom. The summed E-state index contributed by atoms with van der Waals surface area (Å²) in [7, 11) is 0. The third-order valence-electron chi connectivity index (χ3n) is 3.03. The lowest BCUT2D eigenvalue weighted by Crippen LogP contribution is -2.43. The minimum atomic E-state index is -0.464. The molecule has 1 atom stereocenters. The van der Waals surface area contributed by atoms with Crippen molar-refractivity contribution in [1.29, 1.82) is 0 Å². The van der Waals surface area contributed by atoms with Gasteiger partial charge in [0.2, 0.25) is 0 Å². The number of nitrogens with one attached hydrogen (secondary N) is 1. The molecule has 0 bridgehead atoms. The van der Waals surface area contributed by atoms with E-state index in [0.29, 0.717) is 17.7 Å². The number of benzene rings is 1. The van der Waals surface area contributed by atoms with Gasteiger partial charge in [0.15, 0.2) is 0 Å². The third kappa shape index (κ3) is 3.75. The number of nitro benzene ring substituents is 1. The molecule has 0 saturated carbocycles. The minimum Gasteiger partial charge on any atom is -0.348 e. The number of hydrogen-bond acceptors (Lipinski definition) is 4. The van der Waals surface area contributed by atoms with Gasteiger partial charge in [0, 0.05) is 29.8 Å². The van der Waals surface area contributed by atoms with Gasteiger partial charge in [0.05, 0.1) is 4.92 Å². The van der Waals surface area contributed by atoms with Gasteiger partial charge in [0.25, 0.3) is 11.6 Å². The lowest BCUT2D eigenvalue weighted by Gasteiger charge is -2.20. The molecular weight excluding hydrogens is 246 g/mol. The molecule has 0 aromatic heterocycles. The molecule has 6 nitrogen and oxygen atoms in total. The standard InChI is InChI=1S/C13H19N3O3/c1-8(2)11(7-14)15-13(17)10-4-5-12(16(18)19)9(3)6-10/h4-6,8,11H,7,14H2,1-3H3,(H,15,17). The Bertz CT molecular complexity index is 486. The highest BCUT2D eigenvalue weighted by molar-refractivity contribution is 5.94. The summed E-state index contributed by atoms with van der Waals surface area (Å²) < 4.78 is 0. The van der Waals surface area contributed by atoms with E-state index in [1.54, 1.807) is 6.92 Å². The van der Waals surface area contributed by atoms with E-state index >= 15 is 0 Å². The van der Waals surface area contributed by atoms with Gasteiger partial charge >= 0.3 is 0 Å². The van der Waals surface area contributed by atoms with E-state index in [4.69, 9.17) is 5.73 Å². The van der Waals surface area contributed by atoms with Crippen LogP contribution in [0.1, 0.15) is 29.8 Å². The molecule has 104 valence electrons. The fourth-order valence-corrected chi connectivity index (χ4v) is 1.75. The van der Waals surface area contributed by atoms with Gasteiger partial charge in [-0.25, -0.2) is 0 Å². The monoisotopic (exact) mass is 265 g/mol. The number of amides is 1. The molecule has 0 spiro atoms. The van der Waals surface area contributed by atoms with E-state index in [1.165, 1.54) is 18.2 Å². The van der Waals surface area contributed by atoms with Crippen molar-refractivity contribution in [3.05, 3.63) is 39.4 Å². The molecule has 1 aromatic rings. The van der Waals surface area contributed by atoms with Gasteiger partial charge in [-0.15, -0.1) is 0 Å². The van der Waals surface area contributed by atoms with Crippen molar-refractivity contribution in [2.24, 2.45) is 11.7 Å². The minimum absolute atomic E-state index is 0.00999. The molecule has 19 heavy (non-hydrogen) atoms. The Balaban J connectivity index is 2.89. The SMILES string of the molecule is Cc1cc(C(=O)NC(CN)C(C)C)ccc1[N+](=O)[O-]. The zero-order valence-electron chi connectivity index (χ0n) is 11.3. The fourth-order valence-electron chi connectivity index (χ4n) is 1.75. The first-order chi connectivity index (χ1) is 8.86. The van der Waals surface area contributed by atoms with Gasteiger partial charge < -0.3 is 11.1 Å². The van der Waals surface area contributed by atoms with Crippen LogP contribution in [-0.4, -0.2) is 23.4 Å². The molecule has 0 aliphatic carbocycles. The number of nitrogens with two attached hydrogens (primary N) is 1. The first-order valence-electron chi connectivity index (χ1n) is 6.12. The van der Waals surface area contributed by atoms with Crippen LogP contribution in [0, 0.1) is 23.0 Å². The van der Waals surface area contributed by atoms with Gasteiger partial charge in [-0.05, 0) is 25.0 Å². The van der Waals surface area contributed by atoms with Gasteiger partial charge in [0.1, 0.15) is 0 Å². The number of hydrogen-bond donors (Lipinski definition) is 2. The number of nitro groups is 1. The van der Waals surface area contributed by atoms with Crippen LogP contribution < -0.4 is 11.1 Å². The van der Waals surface area contributed by atoms with Crippen LogP contribution in [0.4, 0.5) is 5.69 Å². The third-order valence-corrected chi connectivity index (χ3v) is 3.03. The largest absolute Gasteiger partial charge is 0.348 e. The summed E-state index contributed by atoms with van der Waals surface area (Å²) in [6.07, 6.45) is 0. The highest BCUT2D eigenvalue weighted by Gasteiger charge is 2.17. The van der Waals surface area contributed by atoms with Gasteiger partial charge in [-0.2, -0.15) is 0 Å². The summed E-state index contributed by atoms with van der Waals surface area (Å²) in [5.74, 6) is -0.0322. The van der Waals surface area contributed by atoms with Crippen LogP contribution in [0.15, 0.2) is 18.2 Å². The molecule has 6 heteroatoms. The van der Waals surface area contributed by atoms with Gasteiger partial charge in [-0.1, -0.05) is 13.8 Å². The molecule has 1 aromatic carbocycles. The van der Waals surface area contributed by atoms with Crippen molar-refractivity contribution in [1.82, 2.24) is 5.32 Å². The number of carbonyl (C=O) groups is 1. The van der Waals surface area contributed by atoms with E-state index in [0.717, 1.165) is 0 Å². The molecule has 0 aliphatic heterocycles. The predicted molar refractivity (Wildman–Crippen MR) is 73.0 cm³/mol. The first kappa shape index (κ1) is 15.1. The Kier molecular flexibility index (Phi) is 5.00. The van der Waals surface area contributed by atoms with Crippen molar-refractivity contribution < 1.29 is 9.72 Å². The van der Waals surface area contributed by atoms with E-state index < -0.39 is 4.92 Å².